The Hall–Kier alpha value is -1.02. The smallest absolute Gasteiger partial charge is 0.120 e. The van der Waals surface area contributed by atoms with Crippen molar-refractivity contribution in [3.05, 3.63) is 29.8 Å². The first-order chi connectivity index (χ1) is 9.25. The lowest BCUT2D eigenvalue weighted by molar-refractivity contribution is -0.0541. The topological polar surface area (TPSA) is 21.3 Å². The zero-order valence-electron chi connectivity index (χ0n) is 13.8. The van der Waals surface area contributed by atoms with Gasteiger partial charge in [-0.25, -0.2) is 0 Å². The molecule has 2 unspecified atom stereocenters. The van der Waals surface area contributed by atoms with Crippen LogP contribution in [0.1, 0.15) is 53.5 Å². The van der Waals surface area contributed by atoms with Crippen LogP contribution in [0.5, 0.6) is 5.75 Å². The molecule has 2 rings (SSSR count). The van der Waals surface area contributed by atoms with E-state index in [0.29, 0.717) is 12.1 Å². The second-order valence-corrected chi connectivity index (χ2v) is 7.55. The number of hydrogen-bond acceptors (Lipinski definition) is 2. The van der Waals surface area contributed by atoms with E-state index in [9.17, 15) is 0 Å². The van der Waals surface area contributed by atoms with Crippen molar-refractivity contribution < 1.29 is 4.74 Å². The predicted molar refractivity (Wildman–Crippen MR) is 85.4 cm³/mol. The standard InChI is InChI=1S/C18H29NO/c1-7-19-15-12-16(18(15,5)6)20-14-10-8-9-13(11-14)17(2,3)4/h8-11,15-16,19H,7,12H2,1-6H3. The van der Waals surface area contributed by atoms with E-state index in [-0.39, 0.29) is 10.8 Å². The van der Waals surface area contributed by atoms with E-state index in [2.05, 4.69) is 71.1 Å². The quantitative estimate of drug-likeness (QED) is 0.891. The Kier molecular flexibility index (Phi) is 4.15. The van der Waals surface area contributed by atoms with Gasteiger partial charge in [0.15, 0.2) is 0 Å². The summed E-state index contributed by atoms with van der Waals surface area (Å²) >= 11 is 0. The Morgan fingerprint density at radius 1 is 1.30 bits per heavy atom. The molecule has 0 heterocycles. The van der Waals surface area contributed by atoms with Gasteiger partial charge in [0.2, 0.25) is 0 Å². The maximum absolute atomic E-state index is 6.24. The van der Waals surface area contributed by atoms with Crippen LogP contribution in [-0.2, 0) is 5.41 Å². The number of hydrogen-bond donors (Lipinski definition) is 1. The molecule has 0 bridgehead atoms. The van der Waals surface area contributed by atoms with E-state index in [1.54, 1.807) is 0 Å². The minimum absolute atomic E-state index is 0.167. The zero-order valence-corrected chi connectivity index (χ0v) is 13.8. The third kappa shape index (κ3) is 3.01. The Morgan fingerprint density at radius 3 is 2.55 bits per heavy atom. The van der Waals surface area contributed by atoms with E-state index in [4.69, 9.17) is 4.74 Å². The van der Waals surface area contributed by atoms with Gasteiger partial charge in [-0.2, -0.15) is 0 Å². The van der Waals surface area contributed by atoms with Crippen LogP contribution in [0.25, 0.3) is 0 Å². The van der Waals surface area contributed by atoms with Crippen LogP contribution in [0.15, 0.2) is 24.3 Å². The lowest BCUT2D eigenvalue weighted by atomic mass is 9.64. The molecule has 1 N–H and O–H groups in total. The van der Waals surface area contributed by atoms with Crippen LogP contribution in [0.4, 0.5) is 0 Å². The molecule has 112 valence electrons. The largest absolute Gasteiger partial charge is 0.490 e. The molecule has 2 atom stereocenters. The second kappa shape index (κ2) is 5.40. The molecule has 0 amide bonds. The van der Waals surface area contributed by atoms with Crippen LogP contribution >= 0.6 is 0 Å². The van der Waals surface area contributed by atoms with Crippen molar-refractivity contribution in [2.45, 2.75) is 65.5 Å². The van der Waals surface area contributed by atoms with Crippen molar-refractivity contribution in [3.63, 3.8) is 0 Å². The van der Waals surface area contributed by atoms with Gasteiger partial charge in [0, 0.05) is 17.9 Å². The Bertz CT molecular complexity index is 459. The molecule has 0 saturated heterocycles. The van der Waals surface area contributed by atoms with Gasteiger partial charge >= 0.3 is 0 Å². The van der Waals surface area contributed by atoms with Crippen molar-refractivity contribution in [1.29, 1.82) is 0 Å². The van der Waals surface area contributed by atoms with E-state index >= 15 is 0 Å². The summed E-state index contributed by atoms with van der Waals surface area (Å²) in [5, 5.41) is 3.54. The highest BCUT2D eigenvalue weighted by atomic mass is 16.5. The Morgan fingerprint density at radius 2 is 2.00 bits per heavy atom. The van der Waals surface area contributed by atoms with Crippen molar-refractivity contribution in [2.75, 3.05) is 6.54 Å². The van der Waals surface area contributed by atoms with Crippen molar-refractivity contribution >= 4 is 0 Å². The first-order valence-corrected chi connectivity index (χ1v) is 7.75. The first-order valence-electron chi connectivity index (χ1n) is 7.75. The van der Waals surface area contributed by atoms with Crippen molar-refractivity contribution in [3.8, 4) is 5.75 Å². The van der Waals surface area contributed by atoms with Gasteiger partial charge < -0.3 is 10.1 Å². The minimum atomic E-state index is 0.167. The molecule has 0 spiro atoms. The summed E-state index contributed by atoms with van der Waals surface area (Å²) in [5.41, 5.74) is 1.70. The average molecular weight is 275 g/mol. The van der Waals surface area contributed by atoms with Crippen LogP contribution < -0.4 is 10.1 Å². The zero-order chi connectivity index (χ0) is 15.0. The highest BCUT2D eigenvalue weighted by Crippen LogP contribution is 2.43. The summed E-state index contributed by atoms with van der Waals surface area (Å²) in [4.78, 5) is 0. The molecule has 2 heteroatoms. The van der Waals surface area contributed by atoms with Gasteiger partial charge in [0.25, 0.3) is 0 Å². The number of nitrogens with one attached hydrogen (secondary N) is 1. The molecule has 1 aliphatic rings. The van der Waals surface area contributed by atoms with Gasteiger partial charge in [-0.1, -0.05) is 53.7 Å². The molecule has 20 heavy (non-hydrogen) atoms. The predicted octanol–water partition coefficient (Wildman–Crippen LogP) is 4.14. The summed E-state index contributed by atoms with van der Waals surface area (Å²) in [6.07, 6.45) is 1.40. The van der Waals surface area contributed by atoms with E-state index in [1.807, 2.05) is 0 Å². The van der Waals surface area contributed by atoms with Crippen molar-refractivity contribution in [2.24, 2.45) is 5.41 Å². The second-order valence-electron chi connectivity index (χ2n) is 7.55. The van der Waals surface area contributed by atoms with Crippen LogP contribution in [-0.4, -0.2) is 18.7 Å². The third-order valence-electron chi connectivity index (χ3n) is 4.61. The fourth-order valence-corrected chi connectivity index (χ4v) is 2.88. The summed E-state index contributed by atoms with van der Waals surface area (Å²) in [6.45, 7) is 14.5. The van der Waals surface area contributed by atoms with Gasteiger partial charge in [-0.3, -0.25) is 0 Å². The lowest BCUT2D eigenvalue weighted by Crippen LogP contribution is -2.62. The molecule has 1 aromatic carbocycles. The fraction of sp³-hybridized carbons (Fsp3) is 0.667. The van der Waals surface area contributed by atoms with E-state index in [0.717, 1.165) is 18.7 Å². The molecular formula is C18H29NO. The number of ether oxygens (including phenoxy) is 1. The molecule has 1 aromatic rings. The molecule has 1 fully saturated rings. The Labute approximate surface area is 123 Å². The molecule has 1 saturated carbocycles. The minimum Gasteiger partial charge on any atom is -0.490 e. The highest BCUT2D eigenvalue weighted by molar-refractivity contribution is 5.33. The van der Waals surface area contributed by atoms with Crippen LogP contribution in [0, 0.1) is 5.41 Å². The van der Waals surface area contributed by atoms with Gasteiger partial charge in [-0.05, 0) is 29.7 Å². The molecule has 1 aliphatic carbocycles. The first kappa shape index (κ1) is 15.4. The SMILES string of the molecule is CCNC1CC(Oc2cccc(C(C)(C)C)c2)C1(C)C. The van der Waals surface area contributed by atoms with Gasteiger partial charge in [-0.15, -0.1) is 0 Å². The van der Waals surface area contributed by atoms with Crippen LogP contribution in [0.2, 0.25) is 0 Å². The lowest BCUT2D eigenvalue weighted by Gasteiger charge is -2.51. The third-order valence-corrected chi connectivity index (χ3v) is 4.61. The summed E-state index contributed by atoms with van der Waals surface area (Å²) < 4.78 is 6.24. The monoisotopic (exact) mass is 275 g/mol. The molecule has 0 radical (unpaired) electrons. The Balaban J connectivity index is 2.05. The van der Waals surface area contributed by atoms with Crippen LogP contribution in [0.3, 0.4) is 0 Å². The maximum atomic E-state index is 6.24. The summed E-state index contributed by atoms with van der Waals surface area (Å²) in [7, 11) is 0. The highest BCUT2D eigenvalue weighted by Gasteiger charge is 2.49. The van der Waals surface area contributed by atoms with Gasteiger partial charge in [0.1, 0.15) is 11.9 Å². The summed E-state index contributed by atoms with van der Waals surface area (Å²) in [6, 6.07) is 9.12. The fourth-order valence-electron chi connectivity index (χ4n) is 2.88. The van der Waals surface area contributed by atoms with E-state index < -0.39 is 0 Å². The normalized spacial score (nSPS) is 25.1. The molecule has 0 aliphatic heterocycles. The summed E-state index contributed by atoms with van der Waals surface area (Å²) in [5.74, 6) is 1.01. The maximum Gasteiger partial charge on any atom is 0.120 e. The van der Waals surface area contributed by atoms with E-state index in [1.165, 1.54) is 5.56 Å². The number of rotatable bonds is 4. The number of benzene rings is 1. The van der Waals surface area contributed by atoms with Gasteiger partial charge in [0.05, 0.1) is 0 Å². The van der Waals surface area contributed by atoms with Crippen molar-refractivity contribution in [1.82, 2.24) is 5.32 Å². The molecular weight excluding hydrogens is 246 g/mol. The average Bonchev–Trinajstić information content (AvgIpc) is 2.37. The molecule has 0 aromatic heterocycles. The molecule has 2 nitrogen and oxygen atoms in total.